The van der Waals surface area contributed by atoms with Gasteiger partial charge in [-0.25, -0.2) is 13.6 Å². The third-order valence-electron chi connectivity index (χ3n) is 1.51. The fourth-order valence-corrected chi connectivity index (χ4v) is 1.05. The van der Waals surface area contributed by atoms with Gasteiger partial charge in [0.15, 0.2) is 0 Å². The van der Waals surface area contributed by atoms with E-state index < -0.39 is 18.1 Å². The fourth-order valence-electron chi connectivity index (χ4n) is 0.915. The van der Waals surface area contributed by atoms with Gasteiger partial charge in [-0.05, 0) is 12.1 Å². The summed E-state index contributed by atoms with van der Waals surface area (Å²) in [4.78, 5) is 14.0. The van der Waals surface area contributed by atoms with Crippen molar-refractivity contribution in [2.75, 3.05) is 0 Å². The second kappa shape index (κ2) is 4.32. The molecule has 0 aromatic carbocycles. The van der Waals surface area contributed by atoms with E-state index in [1.807, 2.05) is 0 Å². The Kier molecular flexibility index (Phi) is 3.35. The number of carbonyl (C=O) groups is 1. The van der Waals surface area contributed by atoms with Crippen LogP contribution >= 0.6 is 11.6 Å². The molecule has 0 fully saturated rings. The molecule has 0 aliphatic rings. The highest BCUT2D eigenvalue weighted by molar-refractivity contribution is 6.16. The number of hydrogen-bond donors (Lipinski definition) is 1. The Morgan fingerprint density at radius 1 is 1.57 bits per heavy atom. The van der Waals surface area contributed by atoms with Gasteiger partial charge < -0.3 is 5.11 Å². The second-order valence-corrected chi connectivity index (χ2v) is 2.78. The highest BCUT2D eigenvalue weighted by Crippen LogP contribution is 2.19. The fraction of sp³-hybridized carbons (Fsp3) is 0.250. The first-order chi connectivity index (χ1) is 6.54. The minimum atomic E-state index is -2.80. The highest BCUT2D eigenvalue weighted by Gasteiger charge is 2.14. The van der Waals surface area contributed by atoms with Crippen molar-refractivity contribution in [1.29, 1.82) is 0 Å². The van der Waals surface area contributed by atoms with Crippen molar-refractivity contribution in [3.8, 4) is 0 Å². The molecule has 0 atom stereocenters. The van der Waals surface area contributed by atoms with E-state index in [2.05, 4.69) is 4.98 Å². The van der Waals surface area contributed by atoms with E-state index in [9.17, 15) is 13.6 Å². The number of aromatic carboxylic acids is 1. The lowest BCUT2D eigenvalue weighted by molar-refractivity contribution is 0.0696. The van der Waals surface area contributed by atoms with Crippen molar-refractivity contribution in [1.82, 2.24) is 4.98 Å². The van der Waals surface area contributed by atoms with Gasteiger partial charge in [0.25, 0.3) is 6.43 Å². The van der Waals surface area contributed by atoms with Gasteiger partial charge in [0.2, 0.25) is 0 Å². The molecule has 0 aliphatic heterocycles. The maximum atomic E-state index is 12.2. The molecule has 3 nitrogen and oxygen atoms in total. The van der Waals surface area contributed by atoms with E-state index >= 15 is 0 Å². The number of aromatic nitrogens is 1. The summed E-state index contributed by atoms with van der Waals surface area (Å²) < 4.78 is 24.5. The maximum Gasteiger partial charge on any atom is 0.335 e. The van der Waals surface area contributed by atoms with E-state index in [4.69, 9.17) is 16.7 Å². The molecule has 0 aliphatic carbocycles. The van der Waals surface area contributed by atoms with Gasteiger partial charge >= 0.3 is 5.97 Å². The summed E-state index contributed by atoms with van der Waals surface area (Å²) in [5.74, 6) is -1.37. The Morgan fingerprint density at radius 2 is 2.21 bits per heavy atom. The third-order valence-corrected chi connectivity index (χ3v) is 1.78. The van der Waals surface area contributed by atoms with Crippen LogP contribution in [0, 0.1) is 0 Å². The quantitative estimate of drug-likeness (QED) is 0.798. The Morgan fingerprint density at radius 3 is 2.64 bits per heavy atom. The van der Waals surface area contributed by atoms with E-state index in [1.165, 1.54) is 6.07 Å². The summed E-state index contributed by atoms with van der Waals surface area (Å²) in [6.45, 7) is 0. The van der Waals surface area contributed by atoms with E-state index in [0.29, 0.717) is 0 Å². The lowest BCUT2D eigenvalue weighted by Crippen LogP contribution is -2.03. The maximum absolute atomic E-state index is 12.2. The zero-order valence-corrected chi connectivity index (χ0v) is 7.63. The third kappa shape index (κ3) is 2.38. The van der Waals surface area contributed by atoms with Gasteiger partial charge in [0.1, 0.15) is 5.69 Å². The molecule has 1 aromatic rings. The lowest BCUT2D eigenvalue weighted by Gasteiger charge is -2.03. The van der Waals surface area contributed by atoms with Crippen molar-refractivity contribution < 1.29 is 18.7 Å². The molecule has 14 heavy (non-hydrogen) atoms. The van der Waals surface area contributed by atoms with Crippen molar-refractivity contribution in [3.63, 3.8) is 0 Å². The summed E-state index contributed by atoms with van der Waals surface area (Å²) in [5, 5.41) is 8.60. The van der Waals surface area contributed by atoms with Crippen LogP contribution in [0.2, 0.25) is 0 Å². The number of hydrogen-bond acceptors (Lipinski definition) is 2. The summed E-state index contributed by atoms with van der Waals surface area (Å²) in [6, 6.07) is 2.00. The van der Waals surface area contributed by atoms with Gasteiger partial charge in [-0.2, -0.15) is 0 Å². The first-order valence-corrected chi connectivity index (χ1v) is 4.16. The van der Waals surface area contributed by atoms with Crippen molar-refractivity contribution >= 4 is 17.6 Å². The van der Waals surface area contributed by atoms with Crippen LogP contribution in [-0.2, 0) is 5.88 Å². The van der Waals surface area contributed by atoms with Crippen LogP contribution in [0.25, 0.3) is 0 Å². The molecular weight excluding hydrogens is 216 g/mol. The first-order valence-electron chi connectivity index (χ1n) is 3.63. The van der Waals surface area contributed by atoms with Crippen molar-refractivity contribution in [2.24, 2.45) is 0 Å². The number of carboxylic acids is 1. The van der Waals surface area contributed by atoms with E-state index in [1.54, 1.807) is 0 Å². The molecule has 76 valence electrons. The molecule has 0 saturated heterocycles. The zero-order valence-electron chi connectivity index (χ0n) is 6.88. The van der Waals surface area contributed by atoms with Crippen LogP contribution in [0.1, 0.15) is 28.2 Å². The zero-order chi connectivity index (χ0) is 10.7. The predicted molar refractivity (Wildman–Crippen MR) is 45.7 cm³/mol. The van der Waals surface area contributed by atoms with Crippen molar-refractivity contribution in [2.45, 2.75) is 12.3 Å². The second-order valence-electron chi connectivity index (χ2n) is 2.51. The molecule has 0 radical (unpaired) electrons. The molecule has 6 heteroatoms. The van der Waals surface area contributed by atoms with Gasteiger partial charge in [-0.15, -0.1) is 11.6 Å². The van der Waals surface area contributed by atoms with Gasteiger partial charge in [0.05, 0.1) is 17.1 Å². The van der Waals surface area contributed by atoms with Gasteiger partial charge in [0, 0.05) is 0 Å². The molecule has 1 heterocycles. The van der Waals surface area contributed by atoms with Crippen molar-refractivity contribution in [3.05, 3.63) is 29.1 Å². The Labute approximate surface area is 83.3 Å². The predicted octanol–water partition coefficient (Wildman–Crippen LogP) is 2.46. The first kappa shape index (κ1) is 10.8. The van der Waals surface area contributed by atoms with E-state index in [-0.39, 0.29) is 17.1 Å². The van der Waals surface area contributed by atoms with Gasteiger partial charge in [-0.3, -0.25) is 4.98 Å². The average molecular weight is 222 g/mol. The minimum Gasteiger partial charge on any atom is -0.478 e. The van der Waals surface area contributed by atoms with E-state index in [0.717, 1.165) is 6.07 Å². The normalized spacial score (nSPS) is 10.6. The molecule has 0 unspecified atom stereocenters. The lowest BCUT2D eigenvalue weighted by atomic mass is 10.2. The Balaban J connectivity index is 3.20. The molecule has 1 aromatic heterocycles. The molecule has 1 N–H and O–H groups in total. The standard InChI is InChI=1S/C8H6ClF2NO2/c9-3-5-1-4(8(13)14)2-6(12-5)7(10)11/h1-2,7H,3H2,(H,13,14). The van der Waals surface area contributed by atoms with Crippen LogP contribution in [0.3, 0.4) is 0 Å². The molecule has 0 bridgehead atoms. The van der Waals surface area contributed by atoms with Crippen LogP contribution in [0.5, 0.6) is 0 Å². The summed E-state index contributed by atoms with van der Waals surface area (Å²) >= 11 is 5.38. The summed E-state index contributed by atoms with van der Waals surface area (Å²) in [5.41, 5.74) is -0.673. The van der Waals surface area contributed by atoms with Crippen LogP contribution in [-0.4, -0.2) is 16.1 Å². The molecule has 0 saturated carbocycles. The SMILES string of the molecule is O=C(O)c1cc(CCl)nc(C(F)F)c1. The Hall–Kier alpha value is -1.23. The van der Waals surface area contributed by atoms with Crippen LogP contribution in [0.15, 0.2) is 12.1 Å². The molecule has 0 amide bonds. The number of alkyl halides is 3. The number of nitrogens with zero attached hydrogens (tertiary/aromatic N) is 1. The number of pyridine rings is 1. The monoisotopic (exact) mass is 221 g/mol. The van der Waals surface area contributed by atoms with Crippen LogP contribution < -0.4 is 0 Å². The van der Waals surface area contributed by atoms with Gasteiger partial charge in [-0.1, -0.05) is 0 Å². The number of rotatable bonds is 3. The Bertz CT molecular complexity index is 357. The topological polar surface area (TPSA) is 50.2 Å². The summed E-state index contributed by atoms with van der Waals surface area (Å²) in [7, 11) is 0. The molecular formula is C8H6ClF2NO2. The minimum absolute atomic E-state index is 0.0964. The number of halogens is 3. The molecule has 0 spiro atoms. The summed E-state index contributed by atoms with van der Waals surface area (Å²) in [6.07, 6.45) is -2.80. The smallest absolute Gasteiger partial charge is 0.335 e. The largest absolute Gasteiger partial charge is 0.478 e. The highest BCUT2D eigenvalue weighted by atomic mass is 35.5. The number of carboxylic acid groups (broad SMARTS) is 1. The molecule has 1 rings (SSSR count). The average Bonchev–Trinajstić information content (AvgIpc) is 2.16. The van der Waals surface area contributed by atoms with Crippen LogP contribution in [0.4, 0.5) is 8.78 Å².